The van der Waals surface area contributed by atoms with Gasteiger partial charge in [0.05, 0.1) is 24.9 Å². The number of hydrogen-bond acceptors (Lipinski definition) is 3. The van der Waals surface area contributed by atoms with Crippen molar-refractivity contribution in [2.45, 2.75) is 25.9 Å². The van der Waals surface area contributed by atoms with Crippen LogP contribution in [0.4, 0.5) is 4.79 Å². The smallest absolute Gasteiger partial charge is 0.315 e. The van der Waals surface area contributed by atoms with E-state index in [-0.39, 0.29) is 12.6 Å². The first kappa shape index (κ1) is 15.1. The van der Waals surface area contributed by atoms with Crippen LogP contribution in [0.25, 0.3) is 0 Å². The van der Waals surface area contributed by atoms with Gasteiger partial charge in [0.1, 0.15) is 0 Å². The van der Waals surface area contributed by atoms with Gasteiger partial charge in [0.25, 0.3) is 0 Å². The number of nitrogens with zero attached hydrogens (tertiary/aromatic N) is 1. The highest BCUT2D eigenvalue weighted by Gasteiger charge is 2.13. The fourth-order valence-corrected chi connectivity index (χ4v) is 1.99. The number of aliphatic hydroxyl groups is 1. The van der Waals surface area contributed by atoms with Gasteiger partial charge >= 0.3 is 6.03 Å². The van der Waals surface area contributed by atoms with Gasteiger partial charge in [-0.2, -0.15) is 5.10 Å². The number of H-pyrrole nitrogens is 1. The van der Waals surface area contributed by atoms with Crippen LogP contribution in [-0.4, -0.2) is 27.9 Å². The zero-order valence-corrected chi connectivity index (χ0v) is 12.0. The molecule has 2 rings (SSSR count). The molecule has 21 heavy (non-hydrogen) atoms. The van der Waals surface area contributed by atoms with Crippen molar-refractivity contribution in [3.05, 3.63) is 53.3 Å². The summed E-state index contributed by atoms with van der Waals surface area (Å²) in [4.78, 5) is 11.8. The summed E-state index contributed by atoms with van der Waals surface area (Å²) in [5.41, 5.74) is 2.92. The summed E-state index contributed by atoms with van der Waals surface area (Å²) in [7, 11) is 0. The summed E-state index contributed by atoms with van der Waals surface area (Å²) in [6.45, 7) is 2.29. The number of aliphatic hydroxyl groups excluding tert-OH is 1. The van der Waals surface area contributed by atoms with E-state index in [0.29, 0.717) is 6.54 Å². The molecule has 0 saturated carbocycles. The lowest BCUT2D eigenvalue weighted by molar-refractivity contribution is 0.216. The summed E-state index contributed by atoms with van der Waals surface area (Å²) in [6, 6.07) is 8.89. The molecule has 1 aromatic carbocycles. The molecule has 2 aromatic rings. The molecule has 6 heteroatoms. The molecule has 2 amide bonds. The predicted octanol–water partition coefficient (Wildman–Crippen LogP) is 1.50. The SMILES string of the molecule is CCc1ccc(C(CO)NC(=O)NCc2ccn[nH]2)cc1. The van der Waals surface area contributed by atoms with Crippen molar-refractivity contribution in [3.63, 3.8) is 0 Å². The standard InChI is InChI=1S/C15H20N4O2/c1-2-11-3-5-12(6-4-11)14(10-20)18-15(21)16-9-13-7-8-17-19-13/h3-8,14,20H,2,9-10H2,1H3,(H,17,19)(H2,16,18,21). The minimum Gasteiger partial charge on any atom is -0.394 e. The van der Waals surface area contributed by atoms with E-state index in [1.807, 2.05) is 24.3 Å². The molecule has 0 aliphatic carbocycles. The lowest BCUT2D eigenvalue weighted by Crippen LogP contribution is -2.38. The van der Waals surface area contributed by atoms with Gasteiger partial charge in [0.2, 0.25) is 0 Å². The van der Waals surface area contributed by atoms with Gasteiger partial charge in [0.15, 0.2) is 0 Å². The maximum absolute atomic E-state index is 11.8. The van der Waals surface area contributed by atoms with E-state index in [2.05, 4.69) is 27.8 Å². The number of urea groups is 1. The van der Waals surface area contributed by atoms with Crippen LogP contribution in [0.5, 0.6) is 0 Å². The predicted molar refractivity (Wildman–Crippen MR) is 79.6 cm³/mol. The highest BCUT2D eigenvalue weighted by atomic mass is 16.3. The monoisotopic (exact) mass is 288 g/mol. The van der Waals surface area contributed by atoms with Crippen LogP contribution in [0.1, 0.15) is 29.8 Å². The number of carbonyl (C=O) groups excluding carboxylic acids is 1. The maximum atomic E-state index is 11.8. The van der Waals surface area contributed by atoms with Gasteiger partial charge in [0, 0.05) is 6.20 Å². The molecule has 1 aromatic heterocycles. The molecule has 4 N–H and O–H groups in total. The Hall–Kier alpha value is -2.34. The largest absolute Gasteiger partial charge is 0.394 e. The lowest BCUT2D eigenvalue weighted by Gasteiger charge is -2.17. The Labute approximate surface area is 123 Å². The van der Waals surface area contributed by atoms with Crippen molar-refractivity contribution in [1.29, 1.82) is 0 Å². The number of benzene rings is 1. The molecular formula is C15H20N4O2. The van der Waals surface area contributed by atoms with E-state index in [4.69, 9.17) is 0 Å². The zero-order valence-electron chi connectivity index (χ0n) is 12.0. The molecule has 1 atom stereocenters. The van der Waals surface area contributed by atoms with Crippen molar-refractivity contribution < 1.29 is 9.90 Å². The van der Waals surface area contributed by atoms with E-state index in [9.17, 15) is 9.90 Å². The first-order valence-electron chi connectivity index (χ1n) is 6.95. The molecule has 0 radical (unpaired) electrons. The topological polar surface area (TPSA) is 90.0 Å². The summed E-state index contributed by atoms with van der Waals surface area (Å²) in [5.74, 6) is 0. The zero-order chi connectivity index (χ0) is 15.1. The molecule has 0 saturated heterocycles. The normalized spacial score (nSPS) is 11.9. The average Bonchev–Trinajstić information content (AvgIpc) is 3.04. The van der Waals surface area contributed by atoms with Gasteiger partial charge in [-0.3, -0.25) is 5.10 Å². The summed E-state index contributed by atoms with van der Waals surface area (Å²) in [5, 5.41) is 21.5. The number of aryl methyl sites for hydroxylation is 1. The minimum absolute atomic E-state index is 0.150. The second kappa shape index (κ2) is 7.44. The molecule has 6 nitrogen and oxygen atoms in total. The third-order valence-corrected chi connectivity index (χ3v) is 3.28. The quantitative estimate of drug-likeness (QED) is 0.649. The van der Waals surface area contributed by atoms with Gasteiger partial charge in [-0.1, -0.05) is 31.2 Å². The van der Waals surface area contributed by atoms with E-state index in [1.165, 1.54) is 5.56 Å². The third kappa shape index (κ3) is 4.32. The molecule has 1 heterocycles. The third-order valence-electron chi connectivity index (χ3n) is 3.28. The first-order chi connectivity index (χ1) is 10.2. The van der Waals surface area contributed by atoms with Crippen molar-refractivity contribution >= 4 is 6.03 Å². The van der Waals surface area contributed by atoms with Gasteiger partial charge in [-0.25, -0.2) is 4.79 Å². The number of hydrogen-bond donors (Lipinski definition) is 4. The van der Waals surface area contributed by atoms with E-state index in [0.717, 1.165) is 17.7 Å². The number of rotatable bonds is 6. The first-order valence-corrected chi connectivity index (χ1v) is 6.95. The van der Waals surface area contributed by atoms with Crippen LogP contribution in [0, 0.1) is 0 Å². The van der Waals surface area contributed by atoms with Crippen molar-refractivity contribution in [2.75, 3.05) is 6.61 Å². The lowest BCUT2D eigenvalue weighted by atomic mass is 10.0. The Balaban J connectivity index is 1.89. The van der Waals surface area contributed by atoms with Crippen molar-refractivity contribution in [1.82, 2.24) is 20.8 Å². The number of aromatic nitrogens is 2. The van der Waals surface area contributed by atoms with Crippen LogP contribution >= 0.6 is 0 Å². The number of carbonyl (C=O) groups is 1. The fraction of sp³-hybridized carbons (Fsp3) is 0.333. The highest BCUT2D eigenvalue weighted by molar-refractivity contribution is 5.74. The number of aromatic amines is 1. The average molecular weight is 288 g/mol. The molecule has 0 bridgehead atoms. The molecular weight excluding hydrogens is 268 g/mol. The van der Waals surface area contributed by atoms with E-state index in [1.54, 1.807) is 12.3 Å². The molecule has 112 valence electrons. The van der Waals surface area contributed by atoms with Crippen molar-refractivity contribution in [2.24, 2.45) is 0 Å². The Morgan fingerprint density at radius 2 is 2.10 bits per heavy atom. The van der Waals surface area contributed by atoms with E-state index < -0.39 is 6.04 Å². The van der Waals surface area contributed by atoms with Crippen LogP contribution in [0.15, 0.2) is 36.5 Å². The number of nitrogens with one attached hydrogen (secondary N) is 3. The molecule has 0 spiro atoms. The molecule has 0 fully saturated rings. The Morgan fingerprint density at radius 3 is 2.67 bits per heavy atom. The van der Waals surface area contributed by atoms with Crippen LogP contribution in [0.3, 0.4) is 0 Å². The van der Waals surface area contributed by atoms with Crippen molar-refractivity contribution in [3.8, 4) is 0 Å². The van der Waals surface area contributed by atoms with Crippen LogP contribution in [-0.2, 0) is 13.0 Å². The molecule has 0 aliphatic rings. The Bertz CT molecular complexity index is 552. The Morgan fingerprint density at radius 1 is 1.33 bits per heavy atom. The summed E-state index contributed by atoms with van der Waals surface area (Å²) >= 11 is 0. The fourth-order valence-electron chi connectivity index (χ4n) is 1.99. The van der Waals surface area contributed by atoms with Crippen LogP contribution < -0.4 is 10.6 Å². The van der Waals surface area contributed by atoms with Gasteiger partial charge in [-0.05, 0) is 23.6 Å². The van der Waals surface area contributed by atoms with Crippen LogP contribution in [0.2, 0.25) is 0 Å². The Kier molecular flexibility index (Phi) is 5.34. The molecule has 1 unspecified atom stereocenters. The summed E-state index contributed by atoms with van der Waals surface area (Å²) in [6.07, 6.45) is 2.59. The molecule has 0 aliphatic heterocycles. The van der Waals surface area contributed by atoms with Gasteiger partial charge in [-0.15, -0.1) is 0 Å². The highest BCUT2D eigenvalue weighted by Crippen LogP contribution is 2.13. The minimum atomic E-state index is -0.419. The second-order valence-corrected chi connectivity index (χ2v) is 4.74. The van der Waals surface area contributed by atoms with Gasteiger partial charge < -0.3 is 15.7 Å². The summed E-state index contributed by atoms with van der Waals surface area (Å²) < 4.78 is 0. The maximum Gasteiger partial charge on any atom is 0.315 e. The number of amides is 2. The van der Waals surface area contributed by atoms with E-state index >= 15 is 0 Å². The second-order valence-electron chi connectivity index (χ2n) is 4.74.